The summed E-state index contributed by atoms with van der Waals surface area (Å²) in [6.45, 7) is 2.01. The second kappa shape index (κ2) is 5.05. The van der Waals surface area contributed by atoms with Gasteiger partial charge in [0.05, 0.1) is 5.56 Å². The largest absolute Gasteiger partial charge is 0.339 e. The van der Waals surface area contributed by atoms with Gasteiger partial charge in [-0.05, 0) is 26.1 Å². The lowest BCUT2D eigenvalue weighted by Gasteiger charge is -2.04. The molecule has 0 saturated carbocycles. The second-order valence-corrected chi connectivity index (χ2v) is 3.89. The summed E-state index contributed by atoms with van der Waals surface area (Å²) in [6, 6.07) is 6.62. The smallest absolute Gasteiger partial charge is 0.228 e. The third kappa shape index (κ3) is 2.68. The highest BCUT2D eigenvalue weighted by Crippen LogP contribution is 2.19. The van der Waals surface area contributed by atoms with E-state index in [1.165, 1.54) is 6.07 Å². The predicted molar refractivity (Wildman–Crippen MR) is 61.9 cm³/mol. The van der Waals surface area contributed by atoms with E-state index in [1.807, 2.05) is 14.0 Å². The van der Waals surface area contributed by atoms with Crippen molar-refractivity contribution in [1.82, 2.24) is 15.5 Å². The Kier molecular flexibility index (Phi) is 3.49. The normalized spacial score (nSPS) is 12.6. The Morgan fingerprint density at radius 2 is 2.18 bits per heavy atom. The van der Waals surface area contributed by atoms with Crippen molar-refractivity contribution in [3.05, 3.63) is 36.0 Å². The van der Waals surface area contributed by atoms with Crippen LogP contribution in [0.1, 0.15) is 12.8 Å². The van der Waals surface area contributed by atoms with Crippen LogP contribution in [-0.2, 0) is 6.42 Å². The lowest BCUT2D eigenvalue weighted by Crippen LogP contribution is -2.23. The summed E-state index contributed by atoms with van der Waals surface area (Å²) in [5.41, 5.74) is 0.361. The molecule has 1 N–H and O–H groups in total. The van der Waals surface area contributed by atoms with Crippen molar-refractivity contribution in [1.29, 1.82) is 0 Å². The zero-order valence-electron chi connectivity index (χ0n) is 9.77. The van der Waals surface area contributed by atoms with E-state index in [4.69, 9.17) is 4.52 Å². The summed E-state index contributed by atoms with van der Waals surface area (Å²) in [7, 11) is 1.86. The average Bonchev–Trinajstić information content (AvgIpc) is 2.78. The van der Waals surface area contributed by atoms with Crippen LogP contribution in [0.2, 0.25) is 0 Å². The van der Waals surface area contributed by atoms with Gasteiger partial charge in [0.15, 0.2) is 0 Å². The fraction of sp³-hybridized carbons (Fsp3) is 0.333. The summed E-state index contributed by atoms with van der Waals surface area (Å²) in [5, 5.41) is 6.85. The van der Waals surface area contributed by atoms with Gasteiger partial charge in [-0.25, -0.2) is 4.39 Å². The number of aromatic nitrogens is 2. The van der Waals surface area contributed by atoms with E-state index in [1.54, 1.807) is 18.2 Å². The van der Waals surface area contributed by atoms with Crippen molar-refractivity contribution in [3.63, 3.8) is 0 Å². The molecule has 0 radical (unpaired) electrons. The molecule has 90 valence electrons. The molecule has 0 aliphatic carbocycles. The first-order valence-electron chi connectivity index (χ1n) is 5.45. The SMILES string of the molecule is CNC(C)Cc1nc(-c2ccccc2F)no1. The topological polar surface area (TPSA) is 51.0 Å². The molecule has 0 fully saturated rings. The van der Waals surface area contributed by atoms with Gasteiger partial charge in [-0.1, -0.05) is 17.3 Å². The summed E-state index contributed by atoms with van der Waals surface area (Å²) >= 11 is 0. The quantitative estimate of drug-likeness (QED) is 0.880. The first-order valence-corrected chi connectivity index (χ1v) is 5.45. The molecule has 1 heterocycles. The maximum absolute atomic E-state index is 13.5. The molecule has 1 atom stereocenters. The molecule has 0 spiro atoms. The molecule has 5 heteroatoms. The number of benzene rings is 1. The summed E-state index contributed by atoms with van der Waals surface area (Å²) < 4.78 is 18.6. The molecule has 0 bridgehead atoms. The minimum atomic E-state index is -0.346. The van der Waals surface area contributed by atoms with Crippen molar-refractivity contribution in [2.75, 3.05) is 7.05 Å². The molecule has 2 aromatic rings. The molecule has 0 amide bonds. The molecule has 2 rings (SSSR count). The second-order valence-electron chi connectivity index (χ2n) is 3.89. The Labute approximate surface area is 98.8 Å². The first-order chi connectivity index (χ1) is 8.20. The Bertz CT molecular complexity index is 498. The van der Waals surface area contributed by atoms with E-state index in [0.29, 0.717) is 23.7 Å². The monoisotopic (exact) mass is 235 g/mol. The predicted octanol–water partition coefficient (Wildman–Crippen LogP) is 2.03. The molecule has 4 nitrogen and oxygen atoms in total. The summed E-state index contributed by atoms with van der Waals surface area (Å²) in [4.78, 5) is 4.17. The van der Waals surface area contributed by atoms with Crippen molar-refractivity contribution in [3.8, 4) is 11.4 Å². The first kappa shape index (κ1) is 11.7. The van der Waals surface area contributed by atoms with Gasteiger partial charge < -0.3 is 9.84 Å². The fourth-order valence-corrected chi connectivity index (χ4v) is 1.45. The Hall–Kier alpha value is -1.75. The highest BCUT2D eigenvalue weighted by Gasteiger charge is 2.13. The van der Waals surface area contributed by atoms with Crippen molar-refractivity contribution in [2.24, 2.45) is 0 Å². The van der Waals surface area contributed by atoms with E-state index in [2.05, 4.69) is 15.5 Å². The van der Waals surface area contributed by atoms with Crippen LogP contribution in [0, 0.1) is 5.82 Å². The molecule has 0 aliphatic heterocycles. The van der Waals surface area contributed by atoms with E-state index >= 15 is 0 Å². The molecule has 1 aromatic carbocycles. The molecular formula is C12H14FN3O. The maximum Gasteiger partial charge on any atom is 0.228 e. The van der Waals surface area contributed by atoms with Crippen molar-refractivity contribution >= 4 is 0 Å². The van der Waals surface area contributed by atoms with Gasteiger partial charge in [-0.15, -0.1) is 0 Å². The standard InChI is InChI=1S/C12H14FN3O/c1-8(14-2)7-11-15-12(16-17-11)9-5-3-4-6-10(9)13/h3-6,8,14H,7H2,1-2H3. The van der Waals surface area contributed by atoms with Crippen LogP contribution in [0.4, 0.5) is 4.39 Å². The van der Waals surface area contributed by atoms with Crippen molar-refractivity contribution in [2.45, 2.75) is 19.4 Å². The Morgan fingerprint density at radius 1 is 1.41 bits per heavy atom. The van der Waals surface area contributed by atoms with Crippen LogP contribution >= 0.6 is 0 Å². The minimum Gasteiger partial charge on any atom is -0.339 e. The van der Waals surface area contributed by atoms with Crippen molar-refractivity contribution < 1.29 is 8.91 Å². The molecule has 1 unspecified atom stereocenters. The Morgan fingerprint density at radius 3 is 2.88 bits per heavy atom. The molecule has 1 aromatic heterocycles. The number of hydrogen-bond acceptors (Lipinski definition) is 4. The van der Waals surface area contributed by atoms with Gasteiger partial charge in [0.2, 0.25) is 11.7 Å². The summed E-state index contributed by atoms with van der Waals surface area (Å²) in [5.74, 6) is 0.452. The number of nitrogens with zero attached hydrogens (tertiary/aromatic N) is 2. The zero-order chi connectivity index (χ0) is 12.3. The number of nitrogens with one attached hydrogen (secondary N) is 1. The number of likely N-dealkylation sites (N-methyl/N-ethyl adjacent to an activating group) is 1. The van der Waals surface area contributed by atoms with Gasteiger partial charge in [0, 0.05) is 12.5 Å². The molecular weight excluding hydrogens is 221 g/mol. The minimum absolute atomic E-state index is 0.240. The molecule has 0 aliphatic rings. The molecule has 0 saturated heterocycles. The van der Waals surface area contributed by atoms with E-state index in [-0.39, 0.29) is 11.9 Å². The van der Waals surface area contributed by atoms with Crippen LogP contribution in [0.5, 0.6) is 0 Å². The third-order valence-electron chi connectivity index (χ3n) is 2.56. The third-order valence-corrected chi connectivity index (χ3v) is 2.56. The lowest BCUT2D eigenvalue weighted by molar-refractivity contribution is 0.365. The number of hydrogen-bond donors (Lipinski definition) is 1. The van der Waals surface area contributed by atoms with Gasteiger partial charge in [0.1, 0.15) is 5.82 Å². The van der Waals surface area contributed by atoms with Gasteiger partial charge >= 0.3 is 0 Å². The van der Waals surface area contributed by atoms with E-state index in [9.17, 15) is 4.39 Å². The average molecular weight is 235 g/mol. The highest BCUT2D eigenvalue weighted by atomic mass is 19.1. The number of halogens is 1. The van der Waals surface area contributed by atoms with E-state index < -0.39 is 0 Å². The fourth-order valence-electron chi connectivity index (χ4n) is 1.45. The maximum atomic E-state index is 13.5. The zero-order valence-corrected chi connectivity index (χ0v) is 9.77. The van der Waals surface area contributed by atoms with Crippen LogP contribution in [0.3, 0.4) is 0 Å². The van der Waals surface area contributed by atoms with Gasteiger partial charge in [-0.3, -0.25) is 0 Å². The van der Waals surface area contributed by atoms with Crippen LogP contribution in [-0.4, -0.2) is 23.2 Å². The van der Waals surface area contributed by atoms with Crippen LogP contribution in [0.15, 0.2) is 28.8 Å². The molecule has 17 heavy (non-hydrogen) atoms. The number of rotatable bonds is 4. The van der Waals surface area contributed by atoms with Crippen LogP contribution in [0.25, 0.3) is 11.4 Å². The van der Waals surface area contributed by atoms with Gasteiger partial charge in [0.25, 0.3) is 0 Å². The van der Waals surface area contributed by atoms with Gasteiger partial charge in [-0.2, -0.15) is 4.98 Å². The Balaban J connectivity index is 2.21. The lowest BCUT2D eigenvalue weighted by atomic mass is 10.2. The van der Waals surface area contributed by atoms with E-state index in [0.717, 1.165) is 0 Å². The summed E-state index contributed by atoms with van der Waals surface area (Å²) in [6.07, 6.45) is 0.623. The highest BCUT2D eigenvalue weighted by molar-refractivity contribution is 5.54. The van der Waals surface area contributed by atoms with Crippen LogP contribution < -0.4 is 5.32 Å².